The van der Waals surface area contributed by atoms with Gasteiger partial charge in [-0.15, -0.1) is 0 Å². The fraction of sp³-hybridized carbons (Fsp3) is 0.917. The zero-order chi connectivity index (χ0) is 13.5. The molecule has 5 nitrogen and oxygen atoms in total. The van der Waals surface area contributed by atoms with E-state index in [4.69, 9.17) is 15.3 Å². The molecule has 0 aliphatic heterocycles. The minimum Gasteiger partial charge on any atom is -0.481 e. The lowest BCUT2D eigenvalue weighted by molar-refractivity contribution is -0.142. The molecule has 0 heterocycles. The summed E-state index contributed by atoms with van der Waals surface area (Å²) >= 11 is 0. The maximum atomic E-state index is 10.4. The molecule has 0 spiro atoms. The molecular weight excluding hydrogens is 222 g/mol. The molecule has 0 bridgehead atoms. The summed E-state index contributed by atoms with van der Waals surface area (Å²) in [6.07, 6.45) is 3.71. The SMILES string of the molecule is CCCCC(CC)C(=O)O.OCCNCCO. The van der Waals surface area contributed by atoms with Gasteiger partial charge in [0, 0.05) is 13.1 Å². The van der Waals surface area contributed by atoms with Gasteiger partial charge in [-0.05, 0) is 12.8 Å². The summed E-state index contributed by atoms with van der Waals surface area (Å²) in [4.78, 5) is 10.4. The van der Waals surface area contributed by atoms with E-state index in [2.05, 4.69) is 12.2 Å². The lowest BCUT2D eigenvalue weighted by atomic mass is 10.00. The van der Waals surface area contributed by atoms with Crippen LogP contribution in [0.25, 0.3) is 0 Å². The second kappa shape index (κ2) is 15.4. The van der Waals surface area contributed by atoms with Crippen molar-refractivity contribution in [1.82, 2.24) is 5.32 Å². The van der Waals surface area contributed by atoms with Crippen molar-refractivity contribution in [3.8, 4) is 0 Å². The summed E-state index contributed by atoms with van der Waals surface area (Å²) in [5.74, 6) is -0.754. The fourth-order valence-corrected chi connectivity index (χ4v) is 1.24. The molecule has 0 aromatic heterocycles. The van der Waals surface area contributed by atoms with Gasteiger partial charge in [-0.3, -0.25) is 4.79 Å². The molecule has 1 unspecified atom stereocenters. The van der Waals surface area contributed by atoms with Crippen LogP contribution in [0.5, 0.6) is 0 Å². The van der Waals surface area contributed by atoms with Crippen LogP contribution >= 0.6 is 0 Å². The number of aliphatic hydroxyl groups excluding tert-OH is 2. The highest BCUT2D eigenvalue weighted by Gasteiger charge is 2.12. The Labute approximate surface area is 104 Å². The minimum atomic E-state index is -0.643. The quantitative estimate of drug-likeness (QED) is 0.455. The van der Waals surface area contributed by atoms with E-state index in [0.29, 0.717) is 13.1 Å². The lowest BCUT2D eigenvalue weighted by Gasteiger charge is -2.06. The van der Waals surface area contributed by atoms with E-state index >= 15 is 0 Å². The fourth-order valence-electron chi connectivity index (χ4n) is 1.24. The highest BCUT2D eigenvalue weighted by atomic mass is 16.4. The summed E-state index contributed by atoms with van der Waals surface area (Å²) in [5, 5.41) is 27.7. The van der Waals surface area contributed by atoms with Crippen LogP contribution in [0.1, 0.15) is 39.5 Å². The van der Waals surface area contributed by atoms with Crippen molar-refractivity contribution in [2.75, 3.05) is 26.3 Å². The first-order chi connectivity index (χ1) is 8.13. The smallest absolute Gasteiger partial charge is 0.306 e. The van der Waals surface area contributed by atoms with E-state index < -0.39 is 5.97 Å². The zero-order valence-electron chi connectivity index (χ0n) is 11.0. The Bertz CT molecular complexity index is 161. The molecule has 0 aromatic carbocycles. The Kier molecular flexibility index (Phi) is 16.9. The molecule has 0 saturated heterocycles. The largest absolute Gasteiger partial charge is 0.481 e. The van der Waals surface area contributed by atoms with Crippen LogP contribution in [0.2, 0.25) is 0 Å². The number of rotatable bonds is 9. The van der Waals surface area contributed by atoms with Crippen LogP contribution in [0.15, 0.2) is 0 Å². The Morgan fingerprint density at radius 3 is 2.00 bits per heavy atom. The van der Waals surface area contributed by atoms with Crippen molar-refractivity contribution in [2.24, 2.45) is 5.92 Å². The molecule has 0 aromatic rings. The third-order valence-electron chi connectivity index (χ3n) is 2.33. The highest BCUT2D eigenvalue weighted by Crippen LogP contribution is 2.11. The van der Waals surface area contributed by atoms with E-state index in [-0.39, 0.29) is 19.1 Å². The van der Waals surface area contributed by atoms with Crippen molar-refractivity contribution >= 4 is 5.97 Å². The number of carbonyl (C=O) groups is 1. The minimum absolute atomic E-state index is 0.111. The number of carboxylic acids is 1. The Morgan fingerprint density at radius 1 is 1.18 bits per heavy atom. The van der Waals surface area contributed by atoms with Crippen LogP contribution in [0.4, 0.5) is 0 Å². The van der Waals surface area contributed by atoms with Gasteiger partial charge in [0.25, 0.3) is 0 Å². The predicted octanol–water partition coefficient (Wildman–Crippen LogP) is 0.848. The zero-order valence-corrected chi connectivity index (χ0v) is 11.0. The van der Waals surface area contributed by atoms with Gasteiger partial charge in [-0.1, -0.05) is 26.7 Å². The summed E-state index contributed by atoms with van der Waals surface area (Å²) in [5.41, 5.74) is 0. The average Bonchev–Trinajstić information content (AvgIpc) is 2.31. The molecule has 0 fully saturated rings. The van der Waals surface area contributed by atoms with Crippen molar-refractivity contribution in [1.29, 1.82) is 0 Å². The molecule has 0 saturated carbocycles. The molecular formula is C12H27NO4. The van der Waals surface area contributed by atoms with Gasteiger partial charge in [0.1, 0.15) is 0 Å². The lowest BCUT2D eigenvalue weighted by Crippen LogP contribution is -2.21. The second-order valence-corrected chi connectivity index (χ2v) is 3.78. The number of hydrogen-bond donors (Lipinski definition) is 4. The third-order valence-corrected chi connectivity index (χ3v) is 2.33. The molecule has 0 radical (unpaired) electrons. The first-order valence-electron chi connectivity index (χ1n) is 6.29. The van der Waals surface area contributed by atoms with Crippen LogP contribution in [-0.4, -0.2) is 47.6 Å². The Balaban J connectivity index is 0. The molecule has 17 heavy (non-hydrogen) atoms. The number of aliphatic hydroxyl groups is 2. The Hall–Kier alpha value is -0.650. The monoisotopic (exact) mass is 249 g/mol. The molecule has 0 aliphatic rings. The van der Waals surface area contributed by atoms with E-state index in [1.807, 2.05) is 6.92 Å². The van der Waals surface area contributed by atoms with Gasteiger partial charge in [-0.2, -0.15) is 0 Å². The normalized spacial score (nSPS) is 11.5. The van der Waals surface area contributed by atoms with Crippen molar-refractivity contribution in [3.05, 3.63) is 0 Å². The first kappa shape index (κ1) is 18.7. The Morgan fingerprint density at radius 2 is 1.71 bits per heavy atom. The summed E-state index contributed by atoms with van der Waals surface area (Å²) < 4.78 is 0. The van der Waals surface area contributed by atoms with Crippen LogP contribution in [0.3, 0.4) is 0 Å². The van der Waals surface area contributed by atoms with Crippen LogP contribution in [0, 0.1) is 5.92 Å². The topological polar surface area (TPSA) is 89.8 Å². The summed E-state index contributed by atoms with van der Waals surface area (Å²) in [7, 11) is 0. The summed E-state index contributed by atoms with van der Waals surface area (Å²) in [6, 6.07) is 0. The molecule has 4 N–H and O–H groups in total. The van der Waals surface area contributed by atoms with E-state index in [1.165, 1.54) is 0 Å². The number of nitrogens with one attached hydrogen (secondary N) is 1. The van der Waals surface area contributed by atoms with Gasteiger partial charge < -0.3 is 20.6 Å². The number of carboxylic acid groups (broad SMARTS) is 1. The van der Waals surface area contributed by atoms with Gasteiger partial charge in [-0.25, -0.2) is 0 Å². The van der Waals surface area contributed by atoms with Crippen molar-refractivity contribution in [2.45, 2.75) is 39.5 Å². The molecule has 1 atom stereocenters. The van der Waals surface area contributed by atoms with E-state index in [9.17, 15) is 4.79 Å². The van der Waals surface area contributed by atoms with Crippen molar-refractivity contribution < 1.29 is 20.1 Å². The maximum Gasteiger partial charge on any atom is 0.306 e. The molecule has 0 amide bonds. The van der Waals surface area contributed by atoms with Gasteiger partial charge >= 0.3 is 5.97 Å². The molecule has 0 rings (SSSR count). The highest BCUT2D eigenvalue weighted by molar-refractivity contribution is 5.69. The average molecular weight is 249 g/mol. The standard InChI is InChI=1S/C8H16O2.C4H11NO2/c1-3-5-6-7(4-2)8(9)10;6-3-1-5-2-4-7/h7H,3-6H2,1-2H3,(H,9,10);5-7H,1-4H2. The van der Waals surface area contributed by atoms with Gasteiger partial charge in [0.05, 0.1) is 19.1 Å². The van der Waals surface area contributed by atoms with Crippen molar-refractivity contribution in [3.63, 3.8) is 0 Å². The van der Waals surface area contributed by atoms with Crippen LogP contribution < -0.4 is 5.32 Å². The number of unbranched alkanes of at least 4 members (excludes halogenated alkanes) is 1. The number of aliphatic carboxylic acids is 1. The molecule has 5 heteroatoms. The number of hydrogen-bond acceptors (Lipinski definition) is 4. The maximum absolute atomic E-state index is 10.4. The summed E-state index contributed by atoms with van der Waals surface area (Å²) in [6.45, 7) is 5.42. The van der Waals surface area contributed by atoms with Gasteiger partial charge in [0.15, 0.2) is 0 Å². The third kappa shape index (κ3) is 15.4. The van der Waals surface area contributed by atoms with Gasteiger partial charge in [0.2, 0.25) is 0 Å². The van der Waals surface area contributed by atoms with E-state index in [0.717, 1.165) is 25.7 Å². The predicted molar refractivity (Wildman–Crippen MR) is 68.0 cm³/mol. The molecule has 0 aliphatic carbocycles. The first-order valence-corrected chi connectivity index (χ1v) is 6.29. The second-order valence-electron chi connectivity index (χ2n) is 3.78. The van der Waals surface area contributed by atoms with E-state index in [1.54, 1.807) is 0 Å². The van der Waals surface area contributed by atoms with Crippen LogP contribution in [-0.2, 0) is 4.79 Å². The molecule has 104 valence electrons.